The highest BCUT2D eigenvalue weighted by atomic mass is 16.3. The number of rotatable bonds is 5. The van der Waals surface area contributed by atoms with Gasteiger partial charge in [0.1, 0.15) is 5.76 Å². The lowest BCUT2D eigenvalue weighted by molar-refractivity contribution is -0.130. The summed E-state index contributed by atoms with van der Waals surface area (Å²) in [5.41, 5.74) is 0.492. The zero-order valence-electron chi connectivity index (χ0n) is 13.6. The molecule has 0 spiro atoms. The largest absolute Gasteiger partial charge is 0.469 e. The number of furan rings is 1. The van der Waals surface area contributed by atoms with Crippen LogP contribution in [-0.4, -0.2) is 36.3 Å². The number of likely N-dealkylation sites (tertiary alicyclic amines) is 1. The monoisotopic (exact) mass is 306 g/mol. The first-order chi connectivity index (χ1) is 10.6. The Labute approximate surface area is 132 Å². The number of aryl methyl sites for hydroxylation is 1. The lowest BCUT2D eigenvalue weighted by atomic mass is 9.96. The number of nitrogens with one attached hydrogen (secondary N) is 1. The normalized spacial score (nSPS) is 18.8. The Morgan fingerprint density at radius 2 is 2.18 bits per heavy atom. The molecule has 2 amide bonds. The van der Waals surface area contributed by atoms with Crippen LogP contribution in [0.3, 0.4) is 0 Å². The second-order valence-electron chi connectivity index (χ2n) is 6.04. The molecular formula is C17H26N2O3. The first-order valence-electron chi connectivity index (χ1n) is 8.22. The van der Waals surface area contributed by atoms with Crippen LogP contribution in [0.25, 0.3) is 0 Å². The summed E-state index contributed by atoms with van der Waals surface area (Å²) in [5.74, 6) is 1.07. The van der Waals surface area contributed by atoms with E-state index < -0.39 is 0 Å². The Morgan fingerprint density at radius 1 is 1.36 bits per heavy atom. The van der Waals surface area contributed by atoms with Crippen LogP contribution in [0.5, 0.6) is 0 Å². The Balaban J connectivity index is 1.80. The number of hydrogen-bond acceptors (Lipinski definition) is 3. The molecule has 1 aliphatic heterocycles. The van der Waals surface area contributed by atoms with Crippen molar-refractivity contribution in [3.8, 4) is 0 Å². The second kappa shape index (κ2) is 8.01. The van der Waals surface area contributed by atoms with Gasteiger partial charge in [0.25, 0.3) is 5.91 Å². The molecule has 0 aliphatic carbocycles. The maximum Gasteiger partial charge on any atom is 0.255 e. The van der Waals surface area contributed by atoms with E-state index >= 15 is 0 Å². The molecule has 1 aliphatic rings. The van der Waals surface area contributed by atoms with Crippen molar-refractivity contribution in [2.45, 2.75) is 46.0 Å². The Morgan fingerprint density at radius 3 is 2.86 bits per heavy atom. The molecule has 1 fully saturated rings. The number of nitrogens with zero attached hydrogens (tertiary/aromatic N) is 1. The van der Waals surface area contributed by atoms with Gasteiger partial charge in [-0.1, -0.05) is 19.8 Å². The van der Waals surface area contributed by atoms with Crippen LogP contribution in [0.15, 0.2) is 16.7 Å². The summed E-state index contributed by atoms with van der Waals surface area (Å²) in [6.45, 7) is 5.62. The summed E-state index contributed by atoms with van der Waals surface area (Å²) in [4.78, 5) is 26.1. The third kappa shape index (κ3) is 4.36. The van der Waals surface area contributed by atoms with Gasteiger partial charge in [-0.3, -0.25) is 9.59 Å². The van der Waals surface area contributed by atoms with Gasteiger partial charge in [-0.2, -0.15) is 0 Å². The number of amides is 2. The van der Waals surface area contributed by atoms with Crippen LogP contribution in [0.1, 0.15) is 55.1 Å². The highest BCUT2D eigenvalue weighted by molar-refractivity contribution is 5.97. The molecule has 2 rings (SSSR count). The van der Waals surface area contributed by atoms with E-state index in [2.05, 4.69) is 12.2 Å². The average Bonchev–Trinajstić information content (AvgIpc) is 2.79. The van der Waals surface area contributed by atoms with Gasteiger partial charge in [-0.15, -0.1) is 0 Å². The Bertz CT molecular complexity index is 510. The van der Waals surface area contributed by atoms with Gasteiger partial charge < -0.3 is 14.6 Å². The molecule has 0 saturated carbocycles. The smallest absolute Gasteiger partial charge is 0.255 e. The van der Waals surface area contributed by atoms with Gasteiger partial charge in [-0.05, 0) is 38.2 Å². The van der Waals surface area contributed by atoms with Gasteiger partial charge >= 0.3 is 0 Å². The molecule has 22 heavy (non-hydrogen) atoms. The molecule has 0 bridgehead atoms. The quantitative estimate of drug-likeness (QED) is 0.910. The summed E-state index contributed by atoms with van der Waals surface area (Å²) in [7, 11) is 0. The fourth-order valence-electron chi connectivity index (χ4n) is 3.10. The highest BCUT2D eigenvalue weighted by Gasteiger charge is 2.21. The minimum absolute atomic E-state index is 0.00615. The third-order valence-corrected chi connectivity index (χ3v) is 4.40. The highest BCUT2D eigenvalue weighted by Crippen LogP contribution is 2.21. The minimum atomic E-state index is -0.252. The van der Waals surface area contributed by atoms with Gasteiger partial charge in [0.2, 0.25) is 5.91 Å². The minimum Gasteiger partial charge on any atom is -0.469 e. The van der Waals surface area contributed by atoms with Gasteiger partial charge in [0, 0.05) is 13.1 Å². The number of hydrogen-bond donors (Lipinski definition) is 1. The zero-order valence-corrected chi connectivity index (χ0v) is 13.6. The van der Waals surface area contributed by atoms with E-state index in [1.54, 1.807) is 13.0 Å². The van der Waals surface area contributed by atoms with E-state index in [0.29, 0.717) is 11.3 Å². The number of carbonyl (C=O) groups excluding carboxylic acids is 2. The van der Waals surface area contributed by atoms with Crippen molar-refractivity contribution in [3.05, 3.63) is 23.7 Å². The predicted molar refractivity (Wildman–Crippen MR) is 84.6 cm³/mol. The van der Waals surface area contributed by atoms with E-state index in [0.717, 1.165) is 31.8 Å². The first-order valence-corrected chi connectivity index (χ1v) is 8.22. The van der Waals surface area contributed by atoms with E-state index in [4.69, 9.17) is 4.42 Å². The fourth-order valence-corrected chi connectivity index (χ4v) is 3.10. The summed E-state index contributed by atoms with van der Waals surface area (Å²) in [6, 6.07) is 1.62. The Hall–Kier alpha value is -1.78. The number of carbonyl (C=O) groups is 2. The maximum atomic E-state index is 12.3. The molecule has 1 atom stereocenters. The SMILES string of the molecule is CCCC1CCCN(C(=O)CNC(=O)c2ccoc2C)CC1. The van der Waals surface area contributed by atoms with Gasteiger partial charge in [0.05, 0.1) is 18.4 Å². The van der Waals surface area contributed by atoms with Crippen molar-refractivity contribution in [2.24, 2.45) is 5.92 Å². The summed E-state index contributed by atoms with van der Waals surface area (Å²) in [6.07, 6.45) is 7.28. The van der Waals surface area contributed by atoms with Crippen LogP contribution in [0.2, 0.25) is 0 Å². The van der Waals surface area contributed by atoms with Crippen molar-refractivity contribution in [3.63, 3.8) is 0 Å². The van der Waals surface area contributed by atoms with Crippen LogP contribution < -0.4 is 5.32 Å². The molecule has 0 radical (unpaired) electrons. The molecule has 1 unspecified atom stereocenters. The molecule has 122 valence electrons. The Kier molecular flexibility index (Phi) is 6.04. The summed E-state index contributed by atoms with van der Waals surface area (Å²) < 4.78 is 5.10. The van der Waals surface area contributed by atoms with Crippen molar-refractivity contribution in [2.75, 3.05) is 19.6 Å². The molecular weight excluding hydrogens is 280 g/mol. The molecule has 1 saturated heterocycles. The fraction of sp³-hybridized carbons (Fsp3) is 0.647. The van der Waals surface area contributed by atoms with Crippen LogP contribution in [-0.2, 0) is 4.79 Å². The lowest BCUT2D eigenvalue weighted by Gasteiger charge is -2.20. The van der Waals surface area contributed by atoms with Crippen LogP contribution in [0, 0.1) is 12.8 Å². The van der Waals surface area contributed by atoms with E-state index in [1.165, 1.54) is 25.5 Å². The second-order valence-corrected chi connectivity index (χ2v) is 6.04. The topological polar surface area (TPSA) is 62.6 Å². The van der Waals surface area contributed by atoms with Crippen molar-refractivity contribution >= 4 is 11.8 Å². The van der Waals surface area contributed by atoms with Gasteiger partial charge in [-0.25, -0.2) is 0 Å². The maximum absolute atomic E-state index is 12.3. The molecule has 0 aromatic carbocycles. The van der Waals surface area contributed by atoms with E-state index in [1.807, 2.05) is 4.90 Å². The third-order valence-electron chi connectivity index (χ3n) is 4.40. The van der Waals surface area contributed by atoms with Crippen molar-refractivity contribution in [1.82, 2.24) is 10.2 Å². The zero-order chi connectivity index (χ0) is 15.9. The van der Waals surface area contributed by atoms with Crippen molar-refractivity contribution < 1.29 is 14.0 Å². The predicted octanol–water partition coefficient (Wildman–Crippen LogP) is 2.75. The molecule has 1 aromatic heterocycles. The standard InChI is InChI=1S/C17H26N2O3/c1-3-5-14-6-4-9-19(10-7-14)16(20)12-18-17(21)15-8-11-22-13(15)2/h8,11,14H,3-7,9-10,12H2,1-2H3,(H,18,21). The van der Waals surface area contributed by atoms with Crippen LogP contribution >= 0.6 is 0 Å². The summed E-state index contributed by atoms with van der Waals surface area (Å²) >= 11 is 0. The lowest BCUT2D eigenvalue weighted by Crippen LogP contribution is -2.40. The average molecular weight is 306 g/mol. The molecule has 1 aromatic rings. The molecule has 5 heteroatoms. The summed E-state index contributed by atoms with van der Waals surface area (Å²) in [5, 5.41) is 2.69. The molecule has 5 nitrogen and oxygen atoms in total. The molecule has 2 heterocycles. The van der Waals surface area contributed by atoms with Crippen molar-refractivity contribution in [1.29, 1.82) is 0 Å². The van der Waals surface area contributed by atoms with E-state index in [-0.39, 0.29) is 18.4 Å². The van der Waals surface area contributed by atoms with Gasteiger partial charge in [0.15, 0.2) is 0 Å². The first kappa shape index (κ1) is 16.6. The van der Waals surface area contributed by atoms with E-state index in [9.17, 15) is 9.59 Å². The van der Waals surface area contributed by atoms with Crippen LogP contribution in [0.4, 0.5) is 0 Å². The molecule has 1 N–H and O–H groups in total.